The molecule has 1 aliphatic heterocycles. The van der Waals surface area contributed by atoms with Crippen molar-refractivity contribution in [1.29, 1.82) is 0 Å². The van der Waals surface area contributed by atoms with Gasteiger partial charge in [0, 0.05) is 24.2 Å². The molecule has 0 fully saturated rings. The molecule has 1 aliphatic rings. The van der Waals surface area contributed by atoms with E-state index in [2.05, 4.69) is 15.3 Å². The predicted octanol–water partition coefficient (Wildman–Crippen LogP) is 1.89. The standard InChI is InChI=1S/C12H10FN3/c13-10-4-2-1-3-8(10)12-9-5-14-6-11(9)15-7-16-12/h1-4,7,14H,5-6H2. The second-order valence-electron chi connectivity index (χ2n) is 3.73. The van der Waals surface area contributed by atoms with Gasteiger partial charge in [-0.05, 0) is 12.1 Å². The highest BCUT2D eigenvalue weighted by molar-refractivity contribution is 5.64. The van der Waals surface area contributed by atoms with Crippen molar-refractivity contribution in [2.24, 2.45) is 0 Å². The van der Waals surface area contributed by atoms with Crippen LogP contribution in [0.15, 0.2) is 30.6 Å². The summed E-state index contributed by atoms with van der Waals surface area (Å²) in [6.45, 7) is 1.44. The van der Waals surface area contributed by atoms with Gasteiger partial charge < -0.3 is 5.32 Å². The van der Waals surface area contributed by atoms with Gasteiger partial charge in [0.1, 0.15) is 12.1 Å². The molecular weight excluding hydrogens is 205 g/mol. The van der Waals surface area contributed by atoms with Gasteiger partial charge in [0.2, 0.25) is 0 Å². The number of hydrogen-bond donors (Lipinski definition) is 1. The summed E-state index contributed by atoms with van der Waals surface area (Å²) in [6.07, 6.45) is 1.49. The van der Waals surface area contributed by atoms with Crippen LogP contribution in [0.5, 0.6) is 0 Å². The smallest absolute Gasteiger partial charge is 0.132 e. The quantitative estimate of drug-likeness (QED) is 0.789. The van der Waals surface area contributed by atoms with E-state index in [0.717, 1.165) is 17.8 Å². The van der Waals surface area contributed by atoms with E-state index in [0.29, 0.717) is 17.8 Å². The van der Waals surface area contributed by atoms with Gasteiger partial charge in [0.05, 0.1) is 11.4 Å². The van der Waals surface area contributed by atoms with Gasteiger partial charge in [0.15, 0.2) is 0 Å². The molecule has 0 aliphatic carbocycles. The number of rotatable bonds is 1. The van der Waals surface area contributed by atoms with Crippen molar-refractivity contribution in [3.8, 4) is 11.3 Å². The van der Waals surface area contributed by atoms with Crippen LogP contribution in [0.2, 0.25) is 0 Å². The summed E-state index contributed by atoms with van der Waals surface area (Å²) in [5.74, 6) is -0.240. The van der Waals surface area contributed by atoms with E-state index in [1.54, 1.807) is 12.1 Å². The zero-order valence-electron chi connectivity index (χ0n) is 8.57. The monoisotopic (exact) mass is 215 g/mol. The normalized spacial score (nSPS) is 13.8. The highest BCUT2D eigenvalue weighted by Gasteiger charge is 2.18. The Bertz CT molecular complexity index is 540. The first-order valence-corrected chi connectivity index (χ1v) is 5.14. The zero-order chi connectivity index (χ0) is 11.0. The van der Waals surface area contributed by atoms with Gasteiger partial charge in [-0.3, -0.25) is 0 Å². The summed E-state index contributed by atoms with van der Waals surface area (Å²) in [5, 5.41) is 3.19. The van der Waals surface area contributed by atoms with Crippen molar-refractivity contribution in [1.82, 2.24) is 15.3 Å². The molecular formula is C12H10FN3. The Hall–Kier alpha value is -1.81. The topological polar surface area (TPSA) is 37.8 Å². The third kappa shape index (κ3) is 1.39. The first kappa shape index (κ1) is 9.42. The molecule has 1 N–H and O–H groups in total. The van der Waals surface area contributed by atoms with Crippen LogP contribution in [0.1, 0.15) is 11.3 Å². The lowest BCUT2D eigenvalue weighted by Gasteiger charge is -2.06. The molecule has 0 atom stereocenters. The molecule has 3 nitrogen and oxygen atoms in total. The van der Waals surface area contributed by atoms with Crippen molar-refractivity contribution in [2.45, 2.75) is 13.1 Å². The van der Waals surface area contributed by atoms with Gasteiger partial charge in [0.25, 0.3) is 0 Å². The number of hydrogen-bond acceptors (Lipinski definition) is 3. The number of nitrogens with zero attached hydrogens (tertiary/aromatic N) is 2. The van der Waals surface area contributed by atoms with E-state index in [4.69, 9.17) is 0 Å². The van der Waals surface area contributed by atoms with Crippen molar-refractivity contribution < 1.29 is 4.39 Å². The Labute approximate surface area is 92.4 Å². The summed E-state index contributed by atoms with van der Waals surface area (Å²) >= 11 is 0. The number of halogens is 1. The number of fused-ring (bicyclic) bond motifs is 1. The molecule has 80 valence electrons. The minimum atomic E-state index is -0.240. The fraction of sp³-hybridized carbons (Fsp3) is 0.167. The highest BCUT2D eigenvalue weighted by atomic mass is 19.1. The summed E-state index contributed by atoms with van der Waals surface area (Å²) in [4.78, 5) is 8.37. The summed E-state index contributed by atoms with van der Waals surface area (Å²) in [7, 11) is 0. The molecule has 1 aromatic carbocycles. The minimum Gasteiger partial charge on any atom is -0.307 e. The summed E-state index contributed by atoms with van der Waals surface area (Å²) in [6, 6.07) is 6.69. The van der Waals surface area contributed by atoms with Crippen molar-refractivity contribution >= 4 is 0 Å². The molecule has 0 unspecified atom stereocenters. The van der Waals surface area contributed by atoms with Crippen LogP contribution >= 0.6 is 0 Å². The summed E-state index contributed by atoms with van der Waals surface area (Å²) in [5.41, 5.74) is 3.22. The Balaban J connectivity index is 2.21. The Morgan fingerprint density at radius 3 is 2.88 bits per heavy atom. The van der Waals surface area contributed by atoms with E-state index in [9.17, 15) is 4.39 Å². The van der Waals surface area contributed by atoms with E-state index in [-0.39, 0.29) is 5.82 Å². The average molecular weight is 215 g/mol. The molecule has 0 spiro atoms. The first-order chi connectivity index (χ1) is 7.86. The van der Waals surface area contributed by atoms with E-state index < -0.39 is 0 Å². The highest BCUT2D eigenvalue weighted by Crippen LogP contribution is 2.27. The van der Waals surface area contributed by atoms with Crippen LogP contribution < -0.4 is 5.32 Å². The molecule has 3 rings (SSSR count). The van der Waals surface area contributed by atoms with Crippen LogP contribution in [0.3, 0.4) is 0 Å². The first-order valence-electron chi connectivity index (χ1n) is 5.14. The number of aromatic nitrogens is 2. The zero-order valence-corrected chi connectivity index (χ0v) is 8.57. The molecule has 2 heterocycles. The van der Waals surface area contributed by atoms with Gasteiger partial charge in [-0.1, -0.05) is 12.1 Å². The summed E-state index contributed by atoms with van der Waals surface area (Å²) < 4.78 is 13.7. The van der Waals surface area contributed by atoms with Crippen LogP contribution in [0, 0.1) is 5.82 Å². The molecule has 16 heavy (non-hydrogen) atoms. The maximum Gasteiger partial charge on any atom is 0.132 e. The Kier molecular flexibility index (Phi) is 2.15. The van der Waals surface area contributed by atoms with E-state index >= 15 is 0 Å². The maximum atomic E-state index is 13.7. The predicted molar refractivity (Wildman–Crippen MR) is 58.0 cm³/mol. The molecule has 1 aromatic heterocycles. The fourth-order valence-electron chi connectivity index (χ4n) is 1.98. The minimum absolute atomic E-state index is 0.240. The van der Waals surface area contributed by atoms with Crippen molar-refractivity contribution in [2.75, 3.05) is 0 Å². The molecule has 2 aromatic rings. The molecule has 0 amide bonds. The second-order valence-corrected chi connectivity index (χ2v) is 3.73. The average Bonchev–Trinajstić information content (AvgIpc) is 2.77. The fourth-order valence-corrected chi connectivity index (χ4v) is 1.98. The van der Waals surface area contributed by atoms with E-state index in [1.165, 1.54) is 12.4 Å². The third-order valence-corrected chi connectivity index (χ3v) is 2.76. The Morgan fingerprint density at radius 1 is 1.12 bits per heavy atom. The lowest BCUT2D eigenvalue weighted by Crippen LogP contribution is -2.01. The lowest BCUT2D eigenvalue weighted by molar-refractivity contribution is 0.630. The maximum absolute atomic E-state index is 13.7. The van der Waals surface area contributed by atoms with E-state index in [1.807, 2.05) is 6.07 Å². The van der Waals surface area contributed by atoms with Gasteiger partial charge in [-0.15, -0.1) is 0 Å². The number of nitrogens with one attached hydrogen (secondary N) is 1. The van der Waals surface area contributed by atoms with Crippen LogP contribution in [-0.2, 0) is 13.1 Å². The number of benzene rings is 1. The van der Waals surface area contributed by atoms with Crippen molar-refractivity contribution in [3.05, 3.63) is 47.7 Å². The molecule has 0 saturated heterocycles. The largest absolute Gasteiger partial charge is 0.307 e. The van der Waals surface area contributed by atoms with Crippen LogP contribution in [0.25, 0.3) is 11.3 Å². The van der Waals surface area contributed by atoms with Gasteiger partial charge >= 0.3 is 0 Å². The second kappa shape index (κ2) is 3.64. The van der Waals surface area contributed by atoms with Crippen molar-refractivity contribution in [3.63, 3.8) is 0 Å². The molecule has 0 saturated carbocycles. The van der Waals surface area contributed by atoms with Gasteiger partial charge in [-0.25, -0.2) is 14.4 Å². The molecule has 0 radical (unpaired) electrons. The van der Waals surface area contributed by atoms with Crippen LogP contribution in [-0.4, -0.2) is 9.97 Å². The Morgan fingerprint density at radius 2 is 2.00 bits per heavy atom. The lowest BCUT2D eigenvalue weighted by atomic mass is 10.1. The van der Waals surface area contributed by atoms with Gasteiger partial charge in [-0.2, -0.15) is 0 Å². The third-order valence-electron chi connectivity index (χ3n) is 2.76. The SMILES string of the molecule is Fc1ccccc1-c1ncnc2c1CNC2. The van der Waals surface area contributed by atoms with Crippen LogP contribution in [0.4, 0.5) is 4.39 Å². The molecule has 0 bridgehead atoms. The molecule has 4 heteroatoms.